The first kappa shape index (κ1) is 30.4. The van der Waals surface area contributed by atoms with E-state index in [2.05, 4.69) is 85.0 Å². The molecule has 2 N–H and O–H groups in total. The van der Waals surface area contributed by atoms with Gasteiger partial charge in [-0.15, -0.1) is 34.2 Å². The van der Waals surface area contributed by atoms with Crippen LogP contribution in [0.25, 0.3) is 0 Å². The Hall–Kier alpha value is -0.550. The number of aliphatic imine (C=N–C) groups is 1. The molecule has 182 valence electrons. The molecule has 0 amide bonds. The smallest absolute Gasteiger partial charge is 0.191 e. The molecule has 0 aromatic carbocycles. The van der Waals surface area contributed by atoms with Gasteiger partial charge in [0.25, 0.3) is 0 Å². The van der Waals surface area contributed by atoms with Crippen LogP contribution in [-0.2, 0) is 13.0 Å². The monoisotopic (exact) mass is 567 g/mol. The first-order valence-corrected chi connectivity index (χ1v) is 12.8. The standard InChI is InChI=1S/C22H45N7S.HI/c1-9-23-21(25-14-11-15-28(18(4)5)19(6)7)24-13-10-12-20-26-27-22(30-8)29(20)16-17(2)3;/h17-19H,9-16H2,1-8H3,(H2,23,24,25);1H. The van der Waals surface area contributed by atoms with E-state index in [4.69, 9.17) is 4.99 Å². The fourth-order valence-electron chi connectivity index (χ4n) is 3.55. The summed E-state index contributed by atoms with van der Waals surface area (Å²) in [5, 5.41) is 16.6. The Bertz CT molecular complexity index is 609. The molecular weight excluding hydrogens is 521 g/mol. The summed E-state index contributed by atoms with van der Waals surface area (Å²) in [6.45, 7) is 20.3. The van der Waals surface area contributed by atoms with Crippen LogP contribution in [0.5, 0.6) is 0 Å². The Morgan fingerprint density at radius 1 is 1.06 bits per heavy atom. The molecule has 9 heteroatoms. The van der Waals surface area contributed by atoms with Gasteiger partial charge in [-0.05, 0) is 59.6 Å². The van der Waals surface area contributed by atoms with Crippen LogP contribution in [0.15, 0.2) is 10.1 Å². The lowest BCUT2D eigenvalue weighted by atomic mass is 10.2. The topological polar surface area (TPSA) is 70.4 Å². The van der Waals surface area contributed by atoms with Crippen LogP contribution in [0.4, 0.5) is 0 Å². The minimum Gasteiger partial charge on any atom is -0.357 e. The van der Waals surface area contributed by atoms with Gasteiger partial charge >= 0.3 is 0 Å². The van der Waals surface area contributed by atoms with Gasteiger partial charge in [-0.1, -0.05) is 25.6 Å². The normalized spacial score (nSPS) is 12.2. The van der Waals surface area contributed by atoms with E-state index in [1.807, 2.05) is 0 Å². The minimum atomic E-state index is 0. The molecule has 7 nitrogen and oxygen atoms in total. The fourth-order valence-corrected chi connectivity index (χ4v) is 4.08. The summed E-state index contributed by atoms with van der Waals surface area (Å²) >= 11 is 1.66. The SMILES string of the molecule is CCNC(=NCCCc1nnc(SC)n1CC(C)C)NCCCN(C(C)C)C(C)C.I. The van der Waals surface area contributed by atoms with Crippen molar-refractivity contribution >= 4 is 41.7 Å². The number of aromatic nitrogens is 3. The number of thioether (sulfide) groups is 1. The van der Waals surface area contributed by atoms with Crippen LogP contribution in [0.3, 0.4) is 0 Å². The van der Waals surface area contributed by atoms with Gasteiger partial charge < -0.3 is 15.2 Å². The Balaban J connectivity index is 0.00000900. The maximum Gasteiger partial charge on any atom is 0.191 e. The molecule has 0 spiro atoms. The van der Waals surface area contributed by atoms with Crippen molar-refractivity contribution in [2.75, 3.05) is 32.4 Å². The Morgan fingerprint density at radius 3 is 2.29 bits per heavy atom. The van der Waals surface area contributed by atoms with Crippen LogP contribution in [-0.4, -0.2) is 70.1 Å². The molecule has 0 aliphatic rings. The number of nitrogens with zero attached hydrogens (tertiary/aromatic N) is 5. The van der Waals surface area contributed by atoms with E-state index in [0.29, 0.717) is 18.0 Å². The lowest BCUT2D eigenvalue weighted by Crippen LogP contribution is -2.41. The molecule has 31 heavy (non-hydrogen) atoms. The molecule has 0 aliphatic carbocycles. The van der Waals surface area contributed by atoms with Crippen molar-refractivity contribution in [2.24, 2.45) is 10.9 Å². The van der Waals surface area contributed by atoms with Crippen LogP contribution in [0.2, 0.25) is 0 Å². The highest BCUT2D eigenvalue weighted by atomic mass is 127. The average molecular weight is 568 g/mol. The van der Waals surface area contributed by atoms with Gasteiger partial charge in [0.15, 0.2) is 11.1 Å². The Morgan fingerprint density at radius 2 is 1.74 bits per heavy atom. The van der Waals surface area contributed by atoms with Crippen molar-refractivity contribution in [3.63, 3.8) is 0 Å². The second-order valence-electron chi connectivity index (χ2n) is 8.68. The molecule has 1 rings (SSSR count). The van der Waals surface area contributed by atoms with Gasteiger partial charge in [0.1, 0.15) is 5.82 Å². The van der Waals surface area contributed by atoms with Crippen LogP contribution < -0.4 is 10.6 Å². The molecule has 0 atom stereocenters. The Kier molecular flexibility index (Phi) is 16.7. The first-order chi connectivity index (χ1) is 14.3. The first-order valence-electron chi connectivity index (χ1n) is 11.5. The lowest BCUT2D eigenvalue weighted by molar-refractivity contribution is 0.173. The molecule has 0 unspecified atom stereocenters. The largest absolute Gasteiger partial charge is 0.357 e. The summed E-state index contributed by atoms with van der Waals surface area (Å²) in [5.41, 5.74) is 0. The molecule has 0 saturated heterocycles. The highest BCUT2D eigenvalue weighted by molar-refractivity contribution is 14.0. The summed E-state index contributed by atoms with van der Waals surface area (Å²) in [7, 11) is 0. The average Bonchev–Trinajstić information content (AvgIpc) is 3.05. The second kappa shape index (κ2) is 17.0. The molecule has 1 aromatic rings. The molecular formula is C22H46IN7S. The van der Waals surface area contributed by atoms with Gasteiger partial charge in [-0.3, -0.25) is 9.89 Å². The van der Waals surface area contributed by atoms with Crippen molar-refractivity contribution in [3.05, 3.63) is 5.82 Å². The van der Waals surface area contributed by atoms with Gasteiger partial charge in [0, 0.05) is 51.2 Å². The third kappa shape index (κ3) is 11.8. The number of nitrogens with one attached hydrogen (secondary N) is 2. The highest BCUT2D eigenvalue weighted by Gasteiger charge is 2.13. The van der Waals surface area contributed by atoms with E-state index in [9.17, 15) is 0 Å². The van der Waals surface area contributed by atoms with Gasteiger partial charge in [-0.25, -0.2) is 0 Å². The van der Waals surface area contributed by atoms with E-state index in [1.165, 1.54) is 0 Å². The van der Waals surface area contributed by atoms with Crippen molar-refractivity contribution < 1.29 is 0 Å². The maximum absolute atomic E-state index is 4.75. The van der Waals surface area contributed by atoms with Crippen LogP contribution >= 0.6 is 35.7 Å². The minimum absolute atomic E-state index is 0. The summed E-state index contributed by atoms with van der Waals surface area (Å²) in [5.74, 6) is 2.56. The van der Waals surface area contributed by atoms with Gasteiger partial charge in [-0.2, -0.15) is 0 Å². The summed E-state index contributed by atoms with van der Waals surface area (Å²) < 4.78 is 2.26. The quantitative estimate of drug-likeness (QED) is 0.115. The van der Waals surface area contributed by atoms with E-state index < -0.39 is 0 Å². The number of hydrogen-bond donors (Lipinski definition) is 2. The molecule has 1 aromatic heterocycles. The number of guanidine groups is 1. The zero-order valence-electron chi connectivity index (χ0n) is 20.9. The number of aryl methyl sites for hydroxylation is 1. The molecule has 0 fully saturated rings. The van der Waals surface area contributed by atoms with E-state index in [-0.39, 0.29) is 24.0 Å². The van der Waals surface area contributed by atoms with Crippen LogP contribution in [0.1, 0.15) is 67.1 Å². The second-order valence-corrected chi connectivity index (χ2v) is 9.45. The van der Waals surface area contributed by atoms with Crippen molar-refractivity contribution in [2.45, 2.75) is 91.5 Å². The van der Waals surface area contributed by atoms with Crippen molar-refractivity contribution in [3.8, 4) is 0 Å². The van der Waals surface area contributed by atoms with E-state index >= 15 is 0 Å². The maximum atomic E-state index is 4.75. The predicted octanol–water partition coefficient (Wildman–Crippen LogP) is 4.27. The number of hydrogen-bond acceptors (Lipinski definition) is 5. The summed E-state index contributed by atoms with van der Waals surface area (Å²) in [6.07, 6.45) is 5.04. The summed E-state index contributed by atoms with van der Waals surface area (Å²) in [4.78, 5) is 7.28. The van der Waals surface area contributed by atoms with Crippen LogP contribution in [0, 0.1) is 5.92 Å². The van der Waals surface area contributed by atoms with Gasteiger partial charge in [0.2, 0.25) is 0 Å². The zero-order chi connectivity index (χ0) is 22.5. The zero-order valence-corrected chi connectivity index (χ0v) is 24.1. The third-order valence-electron chi connectivity index (χ3n) is 4.91. The van der Waals surface area contributed by atoms with Crippen molar-refractivity contribution in [1.82, 2.24) is 30.3 Å². The highest BCUT2D eigenvalue weighted by Crippen LogP contribution is 2.16. The van der Waals surface area contributed by atoms with E-state index in [1.54, 1.807) is 11.8 Å². The molecule has 0 bridgehead atoms. The fraction of sp³-hybridized carbons (Fsp3) is 0.864. The van der Waals surface area contributed by atoms with Gasteiger partial charge in [0.05, 0.1) is 0 Å². The molecule has 0 saturated carbocycles. The van der Waals surface area contributed by atoms with Crippen molar-refractivity contribution in [1.29, 1.82) is 0 Å². The lowest BCUT2D eigenvalue weighted by Gasteiger charge is -2.30. The molecule has 0 radical (unpaired) electrons. The Labute approximate surface area is 212 Å². The molecule has 1 heterocycles. The molecule has 0 aliphatic heterocycles. The third-order valence-corrected chi connectivity index (χ3v) is 5.58. The number of rotatable bonds is 14. The predicted molar refractivity (Wildman–Crippen MR) is 146 cm³/mol. The summed E-state index contributed by atoms with van der Waals surface area (Å²) in [6, 6.07) is 1.16. The van der Waals surface area contributed by atoms with E-state index in [0.717, 1.165) is 68.9 Å². The number of halogens is 1.